The molecule has 0 aliphatic rings. The van der Waals surface area contributed by atoms with Crippen molar-refractivity contribution in [2.45, 2.75) is 6.42 Å². The zero-order valence-electron chi connectivity index (χ0n) is 14.2. The lowest BCUT2D eigenvalue weighted by atomic mass is 10.1. The van der Waals surface area contributed by atoms with E-state index in [1.807, 2.05) is 0 Å². The van der Waals surface area contributed by atoms with E-state index >= 15 is 0 Å². The molecule has 1 N–H and O–H groups in total. The lowest BCUT2D eigenvalue weighted by Crippen LogP contribution is -2.37. The Balaban J connectivity index is 1.95. The standard InChI is InChI=1S/C18H15N5O3/c1-22-15-14(17(25)23(2)18(22)26)9-12(10-20-15)16(24)21-13-5-3-11(4-6-13)7-8-19/h3-6,9-10H,7H2,1-2H3,(H,21,24). The Hall–Kier alpha value is -3.73. The van der Waals surface area contributed by atoms with Gasteiger partial charge < -0.3 is 5.32 Å². The molecule has 0 fully saturated rings. The number of nitrogens with zero attached hydrogens (tertiary/aromatic N) is 4. The lowest BCUT2D eigenvalue weighted by Gasteiger charge is -2.09. The first-order valence-electron chi connectivity index (χ1n) is 7.75. The summed E-state index contributed by atoms with van der Waals surface area (Å²) < 4.78 is 2.23. The second-order valence-corrected chi connectivity index (χ2v) is 5.79. The van der Waals surface area contributed by atoms with E-state index in [-0.39, 0.29) is 16.6 Å². The number of hydrogen-bond acceptors (Lipinski definition) is 5. The highest BCUT2D eigenvalue weighted by molar-refractivity contribution is 6.05. The van der Waals surface area contributed by atoms with Crippen LogP contribution in [0.15, 0.2) is 46.1 Å². The van der Waals surface area contributed by atoms with Gasteiger partial charge in [0.15, 0.2) is 0 Å². The molecule has 2 aromatic heterocycles. The number of amides is 1. The maximum Gasteiger partial charge on any atom is 0.332 e. The van der Waals surface area contributed by atoms with Gasteiger partial charge >= 0.3 is 5.69 Å². The van der Waals surface area contributed by atoms with Crippen molar-refractivity contribution < 1.29 is 4.79 Å². The fourth-order valence-corrected chi connectivity index (χ4v) is 2.59. The smallest absolute Gasteiger partial charge is 0.322 e. The number of carbonyl (C=O) groups is 1. The molecule has 8 nitrogen and oxygen atoms in total. The van der Waals surface area contributed by atoms with Crippen LogP contribution < -0.4 is 16.6 Å². The Kier molecular flexibility index (Phi) is 4.37. The molecule has 0 radical (unpaired) electrons. The number of anilines is 1. The van der Waals surface area contributed by atoms with E-state index in [4.69, 9.17) is 5.26 Å². The van der Waals surface area contributed by atoms with Crippen LogP contribution in [0.5, 0.6) is 0 Å². The van der Waals surface area contributed by atoms with E-state index in [1.165, 1.54) is 30.9 Å². The summed E-state index contributed by atoms with van der Waals surface area (Å²) in [6, 6.07) is 10.4. The zero-order valence-corrected chi connectivity index (χ0v) is 14.2. The van der Waals surface area contributed by atoms with E-state index in [0.29, 0.717) is 12.1 Å². The summed E-state index contributed by atoms with van der Waals surface area (Å²) in [5.41, 5.74) is 0.841. The molecule has 0 bridgehead atoms. The van der Waals surface area contributed by atoms with E-state index in [0.717, 1.165) is 10.1 Å². The third-order valence-electron chi connectivity index (χ3n) is 4.05. The number of aryl methyl sites for hydroxylation is 1. The molecule has 26 heavy (non-hydrogen) atoms. The van der Waals surface area contributed by atoms with Crippen LogP contribution in [0.4, 0.5) is 5.69 Å². The van der Waals surface area contributed by atoms with Crippen molar-refractivity contribution in [1.29, 1.82) is 5.26 Å². The van der Waals surface area contributed by atoms with Crippen molar-refractivity contribution in [3.8, 4) is 6.07 Å². The summed E-state index contributed by atoms with van der Waals surface area (Å²) in [6.07, 6.45) is 1.62. The van der Waals surface area contributed by atoms with Gasteiger partial charge in [-0.1, -0.05) is 12.1 Å². The van der Waals surface area contributed by atoms with Crippen molar-refractivity contribution in [1.82, 2.24) is 14.1 Å². The van der Waals surface area contributed by atoms with Crippen LogP contribution in [0.2, 0.25) is 0 Å². The second kappa shape index (κ2) is 6.64. The monoisotopic (exact) mass is 349 g/mol. The molecule has 2 heterocycles. The zero-order chi connectivity index (χ0) is 18.8. The van der Waals surface area contributed by atoms with Crippen LogP contribution >= 0.6 is 0 Å². The molecule has 0 atom stereocenters. The maximum atomic E-state index is 12.4. The minimum Gasteiger partial charge on any atom is -0.322 e. The number of nitrogens with one attached hydrogen (secondary N) is 1. The van der Waals surface area contributed by atoms with E-state index in [1.54, 1.807) is 24.3 Å². The summed E-state index contributed by atoms with van der Waals surface area (Å²) in [5.74, 6) is -0.427. The summed E-state index contributed by atoms with van der Waals surface area (Å²) in [5, 5.41) is 11.6. The maximum absolute atomic E-state index is 12.4. The normalized spacial score (nSPS) is 10.5. The summed E-state index contributed by atoms with van der Waals surface area (Å²) >= 11 is 0. The first kappa shape index (κ1) is 17.1. The van der Waals surface area contributed by atoms with Crippen molar-refractivity contribution in [3.63, 3.8) is 0 Å². The molecule has 0 unspecified atom stereocenters. The summed E-state index contributed by atoms with van der Waals surface area (Å²) in [7, 11) is 2.89. The Labute approximate surface area is 148 Å². The number of rotatable bonds is 3. The molecular weight excluding hydrogens is 334 g/mol. The van der Waals surface area contributed by atoms with Gasteiger partial charge in [0.25, 0.3) is 11.5 Å². The fourth-order valence-electron chi connectivity index (χ4n) is 2.59. The number of aromatic nitrogens is 3. The molecule has 0 saturated carbocycles. The lowest BCUT2D eigenvalue weighted by molar-refractivity contribution is 0.102. The predicted molar refractivity (Wildman–Crippen MR) is 95.9 cm³/mol. The van der Waals surface area contributed by atoms with E-state index < -0.39 is 17.2 Å². The number of pyridine rings is 1. The molecule has 0 aliphatic heterocycles. The molecule has 130 valence electrons. The van der Waals surface area contributed by atoms with Gasteiger partial charge in [-0.2, -0.15) is 5.26 Å². The van der Waals surface area contributed by atoms with Crippen molar-refractivity contribution in [3.05, 3.63) is 68.5 Å². The Morgan fingerprint density at radius 1 is 1.19 bits per heavy atom. The highest BCUT2D eigenvalue weighted by Gasteiger charge is 2.13. The van der Waals surface area contributed by atoms with Crippen molar-refractivity contribution >= 4 is 22.6 Å². The van der Waals surface area contributed by atoms with Gasteiger partial charge in [0, 0.05) is 26.0 Å². The third-order valence-corrected chi connectivity index (χ3v) is 4.05. The van der Waals surface area contributed by atoms with Crippen molar-refractivity contribution in [2.24, 2.45) is 14.1 Å². The molecular formula is C18H15N5O3. The second-order valence-electron chi connectivity index (χ2n) is 5.79. The average Bonchev–Trinajstić information content (AvgIpc) is 2.66. The Morgan fingerprint density at radius 2 is 1.88 bits per heavy atom. The van der Waals surface area contributed by atoms with Gasteiger partial charge in [-0.3, -0.25) is 18.7 Å². The quantitative estimate of drug-likeness (QED) is 0.757. The van der Waals surface area contributed by atoms with Gasteiger partial charge in [-0.05, 0) is 23.8 Å². The first-order chi connectivity index (χ1) is 12.4. The van der Waals surface area contributed by atoms with Crippen LogP contribution in [0.3, 0.4) is 0 Å². The molecule has 0 aliphatic carbocycles. The number of fused-ring (bicyclic) bond motifs is 1. The van der Waals surface area contributed by atoms with E-state index in [9.17, 15) is 14.4 Å². The molecule has 3 aromatic rings. The molecule has 3 rings (SSSR count). The van der Waals surface area contributed by atoms with Gasteiger partial charge in [0.05, 0.1) is 23.4 Å². The number of carbonyl (C=O) groups excluding carboxylic acids is 1. The summed E-state index contributed by atoms with van der Waals surface area (Å²) in [6.45, 7) is 0. The Bertz CT molecular complexity index is 1170. The van der Waals surface area contributed by atoms with Crippen LogP contribution in [0.25, 0.3) is 11.0 Å². The van der Waals surface area contributed by atoms with Gasteiger partial charge in [-0.25, -0.2) is 9.78 Å². The molecule has 1 amide bonds. The molecule has 0 saturated heterocycles. The minimum atomic E-state index is -0.508. The van der Waals surface area contributed by atoms with Crippen LogP contribution in [-0.2, 0) is 20.5 Å². The van der Waals surface area contributed by atoms with Gasteiger partial charge in [-0.15, -0.1) is 0 Å². The van der Waals surface area contributed by atoms with Crippen LogP contribution in [0.1, 0.15) is 15.9 Å². The topological polar surface area (TPSA) is 110 Å². The molecule has 1 aromatic carbocycles. The number of benzene rings is 1. The van der Waals surface area contributed by atoms with Crippen LogP contribution in [-0.4, -0.2) is 20.0 Å². The largest absolute Gasteiger partial charge is 0.332 e. The SMILES string of the molecule is Cn1c(=O)c2cc(C(=O)Nc3ccc(CC#N)cc3)cnc2n(C)c1=O. The minimum absolute atomic E-state index is 0.187. The third kappa shape index (κ3) is 2.98. The van der Waals surface area contributed by atoms with Gasteiger partial charge in [0.1, 0.15) is 5.65 Å². The van der Waals surface area contributed by atoms with E-state index in [2.05, 4.69) is 16.4 Å². The number of hydrogen-bond donors (Lipinski definition) is 1. The first-order valence-corrected chi connectivity index (χ1v) is 7.75. The highest BCUT2D eigenvalue weighted by atomic mass is 16.2. The fraction of sp³-hybridized carbons (Fsp3) is 0.167. The van der Waals surface area contributed by atoms with Gasteiger partial charge in [0.2, 0.25) is 0 Å². The Morgan fingerprint density at radius 3 is 2.54 bits per heavy atom. The molecule has 8 heteroatoms. The summed E-state index contributed by atoms with van der Waals surface area (Å²) in [4.78, 5) is 40.7. The van der Waals surface area contributed by atoms with Crippen LogP contribution in [0, 0.1) is 11.3 Å². The van der Waals surface area contributed by atoms with Crippen molar-refractivity contribution in [2.75, 3.05) is 5.32 Å². The number of nitriles is 1. The average molecular weight is 349 g/mol. The molecule has 0 spiro atoms. The predicted octanol–water partition coefficient (Wildman–Crippen LogP) is 0.951. The highest BCUT2D eigenvalue weighted by Crippen LogP contribution is 2.13.